The van der Waals surface area contributed by atoms with Crippen molar-refractivity contribution in [2.24, 2.45) is 24.3 Å². The number of aryl methyl sites for hydroxylation is 2. The van der Waals surface area contributed by atoms with E-state index in [0.29, 0.717) is 18.3 Å². The van der Waals surface area contributed by atoms with Crippen LogP contribution < -0.4 is 10.6 Å². The van der Waals surface area contributed by atoms with E-state index < -0.39 is 11.6 Å². The summed E-state index contributed by atoms with van der Waals surface area (Å²) in [7, 11) is 1.83. The Morgan fingerprint density at radius 3 is 2.45 bits per heavy atom. The van der Waals surface area contributed by atoms with E-state index >= 15 is 0 Å². The smallest absolute Gasteiger partial charge is 0.381 e. The molecule has 0 bridgehead atoms. The number of halogens is 3. The van der Waals surface area contributed by atoms with Gasteiger partial charge in [-0.15, -0.1) is 0 Å². The normalized spacial score (nSPS) is 21.7. The Bertz CT molecular complexity index is 1370. The minimum absolute atomic E-state index is 0.106. The van der Waals surface area contributed by atoms with Crippen LogP contribution in [-0.2, 0) is 16.6 Å². The Hall–Kier alpha value is -3.41. The van der Waals surface area contributed by atoms with Crippen LogP contribution in [0.15, 0.2) is 35.7 Å². The zero-order valence-electron chi connectivity index (χ0n) is 29.1. The summed E-state index contributed by atoms with van der Waals surface area (Å²) in [6.45, 7) is 14.6. The van der Waals surface area contributed by atoms with Gasteiger partial charge in [0.05, 0.1) is 41.3 Å². The van der Waals surface area contributed by atoms with Crippen molar-refractivity contribution < 1.29 is 22.7 Å². The summed E-state index contributed by atoms with van der Waals surface area (Å²) in [6.07, 6.45) is 6.00. The molecule has 0 aromatic carbocycles. The number of allylic oxidation sites excluding steroid dienone is 2. The molecule has 3 unspecified atom stereocenters. The van der Waals surface area contributed by atoms with E-state index in [-0.39, 0.29) is 31.2 Å². The Morgan fingerprint density at radius 1 is 1.30 bits per heavy atom. The van der Waals surface area contributed by atoms with Crippen molar-refractivity contribution in [3.8, 4) is 0 Å². The molecule has 9 nitrogen and oxygen atoms in total. The van der Waals surface area contributed by atoms with Gasteiger partial charge in [0.25, 0.3) is 0 Å². The summed E-state index contributed by atoms with van der Waals surface area (Å²) in [4.78, 5) is 17.9. The number of aromatic nitrogens is 4. The Morgan fingerprint density at radius 2 is 2.02 bits per heavy atom. The lowest BCUT2D eigenvalue weighted by molar-refractivity contribution is -0.189. The largest absolute Gasteiger partial charge is 0.394 e. The number of imidazole rings is 1. The second-order valence-corrected chi connectivity index (χ2v) is 13.2. The zero-order chi connectivity index (χ0) is 34.8. The molecule has 1 saturated carbocycles. The van der Waals surface area contributed by atoms with Gasteiger partial charge in [-0.1, -0.05) is 25.5 Å². The lowest BCUT2D eigenvalue weighted by Gasteiger charge is -2.25. The maximum Gasteiger partial charge on any atom is 0.394 e. The third-order valence-electron chi connectivity index (χ3n) is 9.42. The van der Waals surface area contributed by atoms with Gasteiger partial charge >= 0.3 is 6.18 Å². The van der Waals surface area contributed by atoms with Crippen LogP contribution in [0.5, 0.6) is 0 Å². The summed E-state index contributed by atoms with van der Waals surface area (Å²) >= 11 is 0. The number of H-pyrrole nitrogens is 1. The lowest BCUT2D eigenvalue weighted by Crippen LogP contribution is -2.33. The molecule has 2 aromatic rings. The van der Waals surface area contributed by atoms with Crippen molar-refractivity contribution in [3.05, 3.63) is 52.9 Å². The fraction of sp³-hybridized carbons (Fsp3) is 0.657. The average molecular weight is 662 g/mol. The standard InChI is InChI=1S/C18H24F3N5.C11H19NO.C6H11NO/c1-4-13(16-6-10-23-26(16)3)25-14(15-11-22-12(2)24-15)5-7-17(8-9-17)18(19,20)21;1-4-8(2)11(9(3)12)10-5-6-13-7-10;1-5-2-3-6(8)7-4-5/h4,6,10-11,14,25H,5,7-9H2,1-3H3,(H,22,24);10,12H,4-7H2,1-3H3;5H,2-4H2,1H3,(H,7,8). The van der Waals surface area contributed by atoms with E-state index in [1.165, 1.54) is 11.1 Å². The van der Waals surface area contributed by atoms with Crippen molar-refractivity contribution in [1.29, 1.82) is 5.41 Å². The molecule has 2 aliphatic heterocycles. The molecule has 1 amide bonds. The molecule has 0 radical (unpaired) electrons. The third-order valence-corrected chi connectivity index (χ3v) is 9.42. The van der Waals surface area contributed by atoms with E-state index in [0.717, 1.165) is 74.1 Å². The number of hydrogen-bond donors (Lipinski definition) is 4. The number of aromatic amines is 1. The first kappa shape index (κ1) is 38.0. The summed E-state index contributed by atoms with van der Waals surface area (Å²) < 4.78 is 47.0. The quantitative estimate of drug-likeness (QED) is 0.196. The van der Waals surface area contributed by atoms with Crippen LogP contribution in [0, 0.1) is 29.6 Å². The van der Waals surface area contributed by atoms with Crippen LogP contribution in [-0.4, -0.2) is 57.3 Å². The number of ether oxygens (including phenoxy) is 1. The van der Waals surface area contributed by atoms with Crippen LogP contribution in [0.2, 0.25) is 0 Å². The molecular formula is C35H54F3N7O2. The minimum Gasteiger partial charge on any atom is -0.381 e. The van der Waals surface area contributed by atoms with Crippen molar-refractivity contribution >= 4 is 17.3 Å². The molecule has 4 heterocycles. The highest BCUT2D eigenvalue weighted by Crippen LogP contribution is 2.61. The third kappa shape index (κ3) is 10.8. The zero-order valence-corrected chi connectivity index (χ0v) is 29.1. The van der Waals surface area contributed by atoms with Crippen LogP contribution in [0.25, 0.3) is 5.70 Å². The van der Waals surface area contributed by atoms with Crippen molar-refractivity contribution in [1.82, 2.24) is 30.4 Å². The second-order valence-electron chi connectivity index (χ2n) is 13.2. The van der Waals surface area contributed by atoms with Gasteiger partial charge in [0.15, 0.2) is 0 Å². The van der Waals surface area contributed by atoms with Gasteiger partial charge in [0.2, 0.25) is 5.91 Å². The van der Waals surface area contributed by atoms with Crippen molar-refractivity contribution in [3.63, 3.8) is 0 Å². The topological polar surface area (TPSA) is 121 Å². The first-order valence-electron chi connectivity index (χ1n) is 16.8. The van der Waals surface area contributed by atoms with E-state index in [1.807, 2.05) is 40.0 Å². The molecular weight excluding hydrogens is 607 g/mol. The van der Waals surface area contributed by atoms with Crippen molar-refractivity contribution in [2.75, 3.05) is 19.8 Å². The summed E-state index contributed by atoms with van der Waals surface area (Å²) in [5.41, 5.74) is 4.30. The average Bonchev–Trinajstić information content (AvgIpc) is 3.30. The van der Waals surface area contributed by atoms with Crippen LogP contribution in [0.4, 0.5) is 13.2 Å². The number of alkyl halides is 3. The van der Waals surface area contributed by atoms with Gasteiger partial charge in [0, 0.05) is 44.4 Å². The number of carbonyl (C=O) groups excluding carboxylic acids is 1. The van der Waals surface area contributed by atoms with Crippen LogP contribution in [0.1, 0.15) is 109 Å². The van der Waals surface area contributed by atoms with E-state index in [1.54, 1.807) is 17.1 Å². The number of carbonyl (C=O) groups is 1. The molecule has 5 rings (SSSR count). The van der Waals surface area contributed by atoms with Gasteiger partial charge in [-0.05, 0) is 90.2 Å². The highest BCUT2D eigenvalue weighted by atomic mass is 19.4. The summed E-state index contributed by atoms with van der Waals surface area (Å²) in [6, 6.07) is 1.59. The highest BCUT2D eigenvalue weighted by molar-refractivity contribution is 5.96. The molecule has 0 spiro atoms. The van der Waals surface area contributed by atoms with E-state index in [2.05, 4.69) is 46.5 Å². The number of nitrogens with zero attached hydrogens (tertiary/aromatic N) is 3. The molecule has 3 aliphatic rings. The predicted molar refractivity (Wildman–Crippen MR) is 180 cm³/mol. The second kappa shape index (κ2) is 17.1. The van der Waals surface area contributed by atoms with Gasteiger partial charge in [-0.2, -0.15) is 18.3 Å². The molecule has 2 aromatic heterocycles. The van der Waals surface area contributed by atoms with E-state index in [9.17, 15) is 18.0 Å². The summed E-state index contributed by atoms with van der Waals surface area (Å²) in [5, 5.41) is 18.1. The number of piperidine rings is 1. The van der Waals surface area contributed by atoms with Crippen molar-refractivity contribution in [2.45, 2.75) is 105 Å². The summed E-state index contributed by atoms with van der Waals surface area (Å²) in [5.74, 6) is 2.12. The Balaban J connectivity index is 0.000000235. The molecule has 3 atom stereocenters. The lowest BCUT2D eigenvalue weighted by atomic mass is 9.90. The SMILES string of the molecule is CC1CCC(=O)NC1.CC=C(NC(CCC1(C(F)(F)F)CC1)c1cnc(C)[nH]1)c1ccnn1C.CCC(C)=C(C(C)=N)C1CCOC1. The first-order chi connectivity index (χ1) is 22.2. The van der Waals surface area contributed by atoms with Crippen LogP contribution in [0.3, 0.4) is 0 Å². The number of rotatable bonds is 10. The molecule has 47 heavy (non-hydrogen) atoms. The van der Waals surface area contributed by atoms with E-state index in [4.69, 9.17) is 10.1 Å². The Kier molecular flexibility index (Phi) is 13.9. The number of amides is 1. The maximum absolute atomic E-state index is 13.3. The molecule has 3 fully saturated rings. The molecule has 4 N–H and O–H groups in total. The molecule has 12 heteroatoms. The fourth-order valence-corrected chi connectivity index (χ4v) is 6.08. The van der Waals surface area contributed by atoms with Crippen LogP contribution >= 0.6 is 0 Å². The van der Waals surface area contributed by atoms with Gasteiger partial charge in [-0.3, -0.25) is 9.48 Å². The first-order valence-corrected chi connectivity index (χ1v) is 16.8. The monoisotopic (exact) mass is 661 g/mol. The number of hydrogen-bond acceptors (Lipinski definition) is 6. The fourth-order valence-electron chi connectivity index (χ4n) is 6.08. The molecule has 262 valence electrons. The number of nitrogens with one attached hydrogen (secondary N) is 4. The molecule has 2 saturated heterocycles. The predicted octanol–water partition coefficient (Wildman–Crippen LogP) is 7.59. The Labute approximate surface area is 277 Å². The van der Waals surface area contributed by atoms with Gasteiger partial charge in [0.1, 0.15) is 5.82 Å². The molecule has 1 aliphatic carbocycles. The van der Waals surface area contributed by atoms with Gasteiger partial charge < -0.3 is 25.8 Å². The van der Waals surface area contributed by atoms with Gasteiger partial charge in [-0.25, -0.2) is 4.98 Å². The maximum atomic E-state index is 13.3. The minimum atomic E-state index is -4.13. The highest BCUT2D eigenvalue weighted by Gasteiger charge is 2.62.